The van der Waals surface area contributed by atoms with Crippen molar-refractivity contribution in [2.45, 2.75) is 18.9 Å². The highest BCUT2D eigenvalue weighted by molar-refractivity contribution is 7.89. The molecule has 0 aromatic rings. The lowest BCUT2D eigenvalue weighted by Gasteiger charge is -2.18. The number of sulfonamides is 1. The zero-order valence-corrected chi connectivity index (χ0v) is 11.1. The van der Waals surface area contributed by atoms with Crippen LogP contribution in [0.15, 0.2) is 0 Å². The summed E-state index contributed by atoms with van der Waals surface area (Å²) >= 11 is 0. The number of nitrogens with one attached hydrogen (secondary N) is 1. The quantitative estimate of drug-likeness (QED) is 0.653. The molecule has 0 aromatic heterocycles. The first-order valence-electron chi connectivity index (χ1n) is 5.60. The Kier molecular flexibility index (Phi) is 5.17. The molecular weight excluding hydrogens is 228 g/mol. The molecule has 1 aliphatic rings. The fourth-order valence-corrected chi connectivity index (χ4v) is 2.34. The van der Waals surface area contributed by atoms with Gasteiger partial charge in [0.15, 0.2) is 0 Å². The van der Waals surface area contributed by atoms with E-state index in [9.17, 15) is 8.42 Å². The number of hydrogen-bond acceptors (Lipinski definition) is 4. The van der Waals surface area contributed by atoms with E-state index in [2.05, 4.69) is 5.32 Å². The third-order valence-electron chi connectivity index (χ3n) is 2.86. The van der Waals surface area contributed by atoms with Gasteiger partial charge in [-0.1, -0.05) is 0 Å². The average Bonchev–Trinajstić information content (AvgIpc) is 2.99. The first-order valence-corrected chi connectivity index (χ1v) is 7.21. The summed E-state index contributed by atoms with van der Waals surface area (Å²) in [5.74, 6) is 0.814. The minimum Gasteiger partial charge on any atom is -0.383 e. The van der Waals surface area contributed by atoms with E-state index in [1.54, 1.807) is 21.2 Å². The Bertz CT molecular complexity index is 299. The maximum absolute atomic E-state index is 11.5. The molecule has 0 radical (unpaired) electrons. The normalized spacial score (nSPS) is 19.0. The van der Waals surface area contributed by atoms with Crippen molar-refractivity contribution >= 4 is 10.0 Å². The van der Waals surface area contributed by atoms with Crippen LogP contribution in [0, 0.1) is 5.92 Å². The molecule has 96 valence electrons. The van der Waals surface area contributed by atoms with Gasteiger partial charge in [-0.25, -0.2) is 12.7 Å². The molecule has 0 amide bonds. The summed E-state index contributed by atoms with van der Waals surface area (Å²) in [6, 6.07) is 0.308. The summed E-state index contributed by atoms with van der Waals surface area (Å²) in [7, 11) is 1.71. The predicted molar refractivity (Wildman–Crippen MR) is 63.9 cm³/mol. The molecule has 5 nitrogen and oxygen atoms in total. The summed E-state index contributed by atoms with van der Waals surface area (Å²) in [5.41, 5.74) is 0. The average molecular weight is 250 g/mol. The van der Waals surface area contributed by atoms with E-state index in [0.29, 0.717) is 25.1 Å². The van der Waals surface area contributed by atoms with E-state index in [-0.39, 0.29) is 5.75 Å². The highest BCUT2D eigenvalue weighted by Gasteiger charge is 2.30. The first kappa shape index (κ1) is 13.9. The van der Waals surface area contributed by atoms with Crippen LogP contribution in [0.1, 0.15) is 12.8 Å². The summed E-state index contributed by atoms with van der Waals surface area (Å²) in [6.45, 7) is 1.15. The maximum atomic E-state index is 11.5. The minimum atomic E-state index is -3.08. The van der Waals surface area contributed by atoms with Crippen molar-refractivity contribution in [3.63, 3.8) is 0 Å². The molecule has 0 spiro atoms. The van der Waals surface area contributed by atoms with E-state index >= 15 is 0 Å². The molecule has 0 aliphatic heterocycles. The van der Waals surface area contributed by atoms with Gasteiger partial charge in [-0.15, -0.1) is 0 Å². The summed E-state index contributed by atoms with van der Waals surface area (Å²) in [6.07, 6.45) is 2.45. The summed E-state index contributed by atoms with van der Waals surface area (Å²) < 4.78 is 29.4. The second kappa shape index (κ2) is 5.95. The Morgan fingerprint density at radius 2 is 2.06 bits per heavy atom. The lowest BCUT2D eigenvalue weighted by atomic mass is 10.2. The Labute approximate surface area is 98.2 Å². The molecule has 6 heteroatoms. The topological polar surface area (TPSA) is 58.6 Å². The highest BCUT2D eigenvalue weighted by Crippen LogP contribution is 2.32. The second-order valence-electron chi connectivity index (χ2n) is 4.45. The molecule has 1 unspecified atom stereocenters. The summed E-state index contributed by atoms with van der Waals surface area (Å²) in [5, 5.41) is 3.26. The Balaban J connectivity index is 2.27. The number of methoxy groups -OCH3 is 1. The number of nitrogens with zero attached hydrogens (tertiary/aromatic N) is 1. The summed E-state index contributed by atoms with van der Waals surface area (Å²) in [4.78, 5) is 0. The van der Waals surface area contributed by atoms with Gasteiger partial charge in [-0.05, 0) is 18.8 Å². The number of hydrogen-bond donors (Lipinski definition) is 1. The van der Waals surface area contributed by atoms with Crippen LogP contribution in [-0.4, -0.2) is 58.9 Å². The van der Waals surface area contributed by atoms with Crippen LogP contribution in [0.3, 0.4) is 0 Å². The molecule has 1 rings (SSSR count). The van der Waals surface area contributed by atoms with Crippen molar-refractivity contribution in [1.29, 1.82) is 0 Å². The number of ether oxygens (including phenoxy) is 1. The van der Waals surface area contributed by atoms with Crippen LogP contribution in [0.5, 0.6) is 0 Å². The van der Waals surface area contributed by atoms with Gasteiger partial charge in [0.1, 0.15) is 0 Å². The largest absolute Gasteiger partial charge is 0.383 e. The van der Waals surface area contributed by atoms with Crippen LogP contribution >= 0.6 is 0 Å². The zero-order valence-electron chi connectivity index (χ0n) is 10.3. The van der Waals surface area contributed by atoms with Crippen molar-refractivity contribution in [3.8, 4) is 0 Å². The Morgan fingerprint density at radius 3 is 2.50 bits per heavy atom. The van der Waals surface area contributed by atoms with Gasteiger partial charge < -0.3 is 10.1 Å². The molecule has 1 N–H and O–H groups in total. The molecule has 1 fully saturated rings. The van der Waals surface area contributed by atoms with Crippen molar-refractivity contribution in [1.82, 2.24) is 9.62 Å². The van der Waals surface area contributed by atoms with E-state index in [4.69, 9.17) is 4.74 Å². The fourth-order valence-electron chi connectivity index (χ4n) is 1.60. The molecule has 1 aliphatic carbocycles. The van der Waals surface area contributed by atoms with Gasteiger partial charge >= 0.3 is 0 Å². The monoisotopic (exact) mass is 250 g/mol. The van der Waals surface area contributed by atoms with E-state index in [0.717, 1.165) is 0 Å². The molecule has 0 aromatic carbocycles. The van der Waals surface area contributed by atoms with Crippen molar-refractivity contribution in [2.75, 3.05) is 40.1 Å². The SMILES string of the molecule is COCC(NCCS(=O)(=O)N(C)C)C1CC1. The molecule has 1 saturated carbocycles. The minimum absolute atomic E-state index is 0.146. The van der Waals surface area contributed by atoms with Crippen LogP contribution in [0.2, 0.25) is 0 Å². The van der Waals surface area contributed by atoms with Crippen molar-refractivity contribution in [3.05, 3.63) is 0 Å². The third-order valence-corrected chi connectivity index (χ3v) is 4.69. The smallest absolute Gasteiger partial charge is 0.214 e. The molecular formula is C10H22N2O3S. The van der Waals surface area contributed by atoms with Gasteiger partial charge in [0.05, 0.1) is 12.4 Å². The van der Waals surface area contributed by atoms with E-state index in [1.165, 1.54) is 17.1 Å². The third kappa shape index (κ3) is 4.37. The first-order chi connectivity index (χ1) is 7.47. The Morgan fingerprint density at radius 1 is 1.44 bits per heavy atom. The lowest BCUT2D eigenvalue weighted by Crippen LogP contribution is -2.39. The molecule has 1 atom stereocenters. The van der Waals surface area contributed by atoms with Crippen molar-refractivity contribution in [2.24, 2.45) is 5.92 Å². The van der Waals surface area contributed by atoms with Crippen LogP contribution < -0.4 is 5.32 Å². The van der Waals surface area contributed by atoms with Crippen LogP contribution in [0.4, 0.5) is 0 Å². The van der Waals surface area contributed by atoms with Gasteiger partial charge in [-0.2, -0.15) is 0 Å². The molecule has 16 heavy (non-hydrogen) atoms. The van der Waals surface area contributed by atoms with E-state index in [1.807, 2.05) is 0 Å². The lowest BCUT2D eigenvalue weighted by molar-refractivity contribution is 0.158. The number of rotatable bonds is 8. The fraction of sp³-hybridized carbons (Fsp3) is 1.00. The highest BCUT2D eigenvalue weighted by atomic mass is 32.2. The van der Waals surface area contributed by atoms with Gasteiger partial charge in [0, 0.05) is 33.8 Å². The molecule has 0 bridgehead atoms. The predicted octanol–water partition coefficient (Wildman–Crippen LogP) is -0.108. The van der Waals surface area contributed by atoms with Crippen LogP contribution in [-0.2, 0) is 14.8 Å². The van der Waals surface area contributed by atoms with Gasteiger partial charge in [0.2, 0.25) is 10.0 Å². The van der Waals surface area contributed by atoms with Gasteiger partial charge in [0.25, 0.3) is 0 Å². The van der Waals surface area contributed by atoms with Gasteiger partial charge in [-0.3, -0.25) is 0 Å². The zero-order chi connectivity index (χ0) is 12.2. The van der Waals surface area contributed by atoms with Crippen LogP contribution in [0.25, 0.3) is 0 Å². The maximum Gasteiger partial charge on any atom is 0.214 e. The standard InChI is InChI=1S/C10H22N2O3S/c1-12(2)16(13,14)7-6-11-10(8-15-3)9-4-5-9/h9-11H,4-8H2,1-3H3. The second-order valence-corrected chi connectivity index (χ2v) is 6.75. The van der Waals surface area contributed by atoms with Crippen molar-refractivity contribution < 1.29 is 13.2 Å². The molecule has 0 heterocycles. The molecule has 0 saturated heterocycles. The Hall–Kier alpha value is -0.170. The van der Waals surface area contributed by atoms with E-state index < -0.39 is 10.0 Å².